The van der Waals surface area contributed by atoms with Gasteiger partial charge in [-0.2, -0.15) is 0 Å². The summed E-state index contributed by atoms with van der Waals surface area (Å²) >= 11 is 0. The predicted molar refractivity (Wildman–Crippen MR) is 345 cm³/mol. The lowest BCUT2D eigenvalue weighted by atomic mass is 9.85. The Kier molecular flexibility index (Phi) is 11.5. The van der Waals surface area contributed by atoms with Gasteiger partial charge in [0.05, 0.1) is 22.1 Å². The van der Waals surface area contributed by atoms with Crippen LogP contribution in [0.15, 0.2) is 285 Å². The van der Waals surface area contributed by atoms with E-state index in [2.05, 4.69) is 325 Å². The summed E-state index contributed by atoms with van der Waals surface area (Å²) in [5.74, 6) is 0. The summed E-state index contributed by atoms with van der Waals surface area (Å²) in [5.41, 5.74) is 22.2. The molecule has 0 atom stereocenters. The van der Waals surface area contributed by atoms with Crippen LogP contribution in [0.2, 0.25) is 0 Å². The highest BCUT2D eigenvalue weighted by Crippen LogP contribution is 2.47. The summed E-state index contributed by atoms with van der Waals surface area (Å²) in [7, 11) is 0. The number of fused-ring (bicyclic) bond motifs is 8. The second-order valence-corrected chi connectivity index (χ2v) is 21.6. The second-order valence-electron chi connectivity index (χ2n) is 21.6. The van der Waals surface area contributed by atoms with Crippen molar-refractivity contribution in [2.45, 2.75) is 20.8 Å². The van der Waals surface area contributed by atoms with Crippen LogP contribution in [0.25, 0.3) is 98.8 Å². The largest absolute Gasteiger partial charge is 0.310 e. The smallest absolute Gasteiger partial charge is 0.0542 e. The predicted octanol–water partition coefficient (Wildman–Crippen LogP) is 21.4. The quantitative estimate of drug-likeness (QED) is 0.127. The SMILES string of the molecule is Cc1ccc2c(-c3ccc(N(c4ccccc4)c4ccc5c(c4)c4cc(C)ccc4n5-c4ccccc4)cc3)c3ccccc3c(-c3ccc(N(c4ccccc4)c4ccc5c(c4)c4cc(C)ccc4n5-c4ccccc4)cc3)c2c1. The molecule has 0 amide bonds. The van der Waals surface area contributed by atoms with Crippen LogP contribution >= 0.6 is 0 Å². The van der Waals surface area contributed by atoms with Gasteiger partial charge in [-0.05, 0) is 198 Å². The molecule has 4 nitrogen and oxygen atoms in total. The summed E-state index contributed by atoms with van der Waals surface area (Å²) in [6.07, 6.45) is 0. The Hall–Kier alpha value is -10.4. The third kappa shape index (κ3) is 8.14. The number of hydrogen-bond donors (Lipinski definition) is 0. The molecule has 0 unspecified atom stereocenters. The van der Waals surface area contributed by atoms with Crippen LogP contribution in [0, 0.1) is 20.8 Å². The molecule has 384 valence electrons. The molecule has 0 aliphatic carbocycles. The van der Waals surface area contributed by atoms with Crippen molar-refractivity contribution in [2.75, 3.05) is 9.80 Å². The third-order valence-electron chi connectivity index (χ3n) is 16.4. The van der Waals surface area contributed by atoms with Gasteiger partial charge in [-0.3, -0.25) is 0 Å². The zero-order chi connectivity index (χ0) is 54.1. The number of aryl methyl sites for hydroxylation is 3. The zero-order valence-electron chi connectivity index (χ0n) is 45.4. The Bertz CT molecular complexity index is 4870. The summed E-state index contributed by atoms with van der Waals surface area (Å²) < 4.78 is 4.78. The van der Waals surface area contributed by atoms with Crippen molar-refractivity contribution in [2.24, 2.45) is 0 Å². The molecule has 0 N–H and O–H groups in total. The first kappa shape index (κ1) is 47.8. The van der Waals surface area contributed by atoms with E-state index in [-0.39, 0.29) is 0 Å². The minimum atomic E-state index is 1.09. The van der Waals surface area contributed by atoms with Crippen LogP contribution in [0.5, 0.6) is 0 Å². The van der Waals surface area contributed by atoms with E-state index in [4.69, 9.17) is 0 Å². The van der Waals surface area contributed by atoms with Crippen LogP contribution in [0.1, 0.15) is 16.7 Å². The van der Waals surface area contributed by atoms with Gasteiger partial charge in [0, 0.05) is 67.0 Å². The van der Waals surface area contributed by atoms with Gasteiger partial charge in [0.1, 0.15) is 0 Å². The number of nitrogens with zero attached hydrogens (tertiary/aromatic N) is 4. The van der Waals surface area contributed by atoms with Gasteiger partial charge in [0.25, 0.3) is 0 Å². The molecule has 0 saturated carbocycles. The maximum Gasteiger partial charge on any atom is 0.0542 e. The summed E-state index contributed by atoms with van der Waals surface area (Å²) in [6.45, 7) is 6.57. The second kappa shape index (κ2) is 19.5. The lowest BCUT2D eigenvalue weighted by molar-refractivity contribution is 1.18. The average molecular weight is 1040 g/mol. The summed E-state index contributed by atoms with van der Waals surface area (Å²) in [5, 5.41) is 9.85. The minimum Gasteiger partial charge on any atom is -0.310 e. The van der Waals surface area contributed by atoms with Gasteiger partial charge in [0.15, 0.2) is 0 Å². The molecule has 0 fully saturated rings. The topological polar surface area (TPSA) is 16.3 Å². The molecule has 15 aromatic rings. The van der Waals surface area contributed by atoms with Crippen LogP contribution in [0.3, 0.4) is 0 Å². The fourth-order valence-corrected chi connectivity index (χ4v) is 12.8. The fourth-order valence-electron chi connectivity index (χ4n) is 12.8. The number of anilines is 6. The summed E-state index contributed by atoms with van der Waals surface area (Å²) in [4.78, 5) is 4.78. The van der Waals surface area contributed by atoms with E-state index in [1.165, 1.54) is 104 Å². The van der Waals surface area contributed by atoms with Crippen molar-refractivity contribution in [3.05, 3.63) is 302 Å². The monoisotopic (exact) mass is 1040 g/mol. The molecule has 0 aliphatic rings. The van der Waals surface area contributed by atoms with E-state index in [1.807, 2.05) is 0 Å². The molecule has 0 spiro atoms. The Morgan fingerprint density at radius 3 is 0.938 bits per heavy atom. The van der Waals surface area contributed by atoms with E-state index in [9.17, 15) is 0 Å². The van der Waals surface area contributed by atoms with Crippen LogP contribution < -0.4 is 9.80 Å². The van der Waals surface area contributed by atoms with Crippen LogP contribution in [-0.2, 0) is 0 Å². The normalized spacial score (nSPS) is 11.6. The van der Waals surface area contributed by atoms with Crippen molar-refractivity contribution < 1.29 is 0 Å². The molecule has 15 rings (SSSR count). The molecule has 2 heterocycles. The van der Waals surface area contributed by atoms with Crippen molar-refractivity contribution in [1.29, 1.82) is 0 Å². The maximum atomic E-state index is 2.39. The number of para-hydroxylation sites is 4. The van der Waals surface area contributed by atoms with Crippen molar-refractivity contribution in [3.63, 3.8) is 0 Å². The van der Waals surface area contributed by atoms with E-state index in [0.29, 0.717) is 0 Å². The fraction of sp³-hybridized carbons (Fsp3) is 0.0390. The standard InChI is InChI=1S/C77H56N4/c1-51-28-41-66-71(48-51)77(55-33-37-61(38-34-55)79(57-20-10-5-11-21-57)63-40-45-75-70(50-63)68-47-53(3)30-43-73(68)81(75)59-24-14-7-15-25-59)65-27-17-16-26-64(65)76(66)54-31-35-60(36-32-54)78(56-18-8-4-9-19-56)62-39-44-74-69(49-62)67-46-52(2)29-42-72(67)80(74)58-22-12-6-13-23-58/h4-50H,1-3H3. The molecule has 81 heavy (non-hydrogen) atoms. The Balaban J connectivity index is 0.835. The van der Waals surface area contributed by atoms with E-state index < -0.39 is 0 Å². The van der Waals surface area contributed by atoms with Crippen molar-refractivity contribution in [3.8, 4) is 33.6 Å². The van der Waals surface area contributed by atoms with Gasteiger partial charge in [0.2, 0.25) is 0 Å². The Morgan fingerprint density at radius 2 is 0.519 bits per heavy atom. The molecule has 0 saturated heterocycles. The first-order chi connectivity index (χ1) is 39.9. The number of benzene rings is 13. The molecule has 0 bridgehead atoms. The zero-order valence-corrected chi connectivity index (χ0v) is 45.4. The Labute approximate surface area is 471 Å². The van der Waals surface area contributed by atoms with Crippen LogP contribution in [-0.4, -0.2) is 9.13 Å². The highest BCUT2D eigenvalue weighted by Gasteiger charge is 2.22. The molecule has 13 aromatic carbocycles. The van der Waals surface area contributed by atoms with Gasteiger partial charge in [-0.25, -0.2) is 0 Å². The maximum absolute atomic E-state index is 2.39. The lowest BCUT2D eigenvalue weighted by Gasteiger charge is -2.26. The van der Waals surface area contributed by atoms with E-state index in [0.717, 1.165) is 45.5 Å². The molecule has 2 aromatic heterocycles. The number of rotatable bonds is 10. The first-order valence-corrected chi connectivity index (χ1v) is 28.0. The molecular formula is C77H56N4. The van der Waals surface area contributed by atoms with Gasteiger partial charge >= 0.3 is 0 Å². The highest BCUT2D eigenvalue weighted by molar-refractivity contribution is 6.22. The number of hydrogen-bond acceptors (Lipinski definition) is 2. The molecule has 0 aliphatic heterocycles. The van der Waals surface area contributed by atoms with Gasteiger partial charge in [-0.1, -0.05) is 168 Å². The highest BCUT2D eigenvalue weighted by atomic mass is 15.1. The third-order valence-corrected chi connectivity index (χ3v) is 16.4. The molecular weight excluding hydrogens is 981 g/mol. The van der Waals surface area contributed by atoms with E-state index in [1.54, 1.807) is 0 Å². The van der Waals surface area contributed by atoms with Crippen LogP contribution in [0.4, 0.5) is 34.1 Å². The van der Waals surface area contributed by atoms with Crippen molar-refractivity contribution >= 4 is 99.3 Å². The van der Waals surface area contributed by atoms with Gasteiger partial charge in [-0.15, -0.1) is 0 Å². The Morgan fingerprint density at radius 1 is 0.222 bits per heavy atom. The van der Waals surface area contributed by atoms with Gasteiger partial charge < -0.3 is 18.9 Å². The first-order valence-electron chi connectivity index (χ1n) is 28.0. The number of aromatic nitrogens is 2. The average Bonchev–Trinajstić information content (AvgIpc) is 4.25. The summed E-state index contributed by atoms with van der Waals surface area (Å²) in [6, 6.07) is 105. The molecule has 4 heteroatoms. The lowest BCUT2D eigenvalue weighted by Crippen LogP contribution is -2.09. The minimum absolute atomic E-state index is 1.09. The molecule has 0 radical (unpaired) electrons. The van der Waals surface area contributed by atoms with Crippen molar-refractivity contribution in [1.82, 2.24) is 9.13 Å². The van der Waals surface area contributed by atoms with E-state index >= 15 is 0 Å².